The first-order valence-electron chi connectivity index (χ1n) is 10.4. The molecule has 0 radical (unpaired) electrons. The van der Waals surface area contributed by atoms with Crippen LogP contribution >= 0.6 is 22.9 Å². The smallest absolute Gasteiger partial charge is 0.407 e. The van der Waals surface area contributed by atoms with Crippen molar-refractivity contribution in [2.24, 2.45) is 0 Å². The topological polar surface area (TPSA) is 80.2 Å². The number of pyridine rings is 1. The van der Waals surface area contributed by atoms with Crippen molar-refractivity contribution in [3.63, 3.8) is 0 Å². The van der Waals surface area contributed by atoms with Crippen molar-refractivity contribution >= 4 is 34.7 Å². The van der Waals surface area contributed by atoms with Crippen LogP contribution in [0.2, 0.25) is 5.15 Å². The first kappa shape index (κ1) is 22.7. The van der Waals surface area contributed by atoms with Crippen LogP contribution in [0.25, 0.3) is 10.6 Å². The number of amides is 1. The quantitative estimate of drug-likeness (QED) is 0.624. The number of alkyl carbamates (subject to hydrolysis) is 1. The van der Waals surface area contributed by atoms with E-state index in [1.807, 2.05) is 33.9 Å². The van der Waals surface area contributed by atoms with Gasteiger partial charge >= 0.3 is 6.09 Å². The van der Waals surface area contributed by atoms with Crippen LogP contribution in [0, 0.1) is 0 Å². The van der Waals surface area contributed by atoms with Gasteiger partial charge in [-0.05, 0) is 59.4 Å². The predicted molar refractivity (Wildman–Crippen MR) is 121 cm³/mol. The van der Waals surface area contributed by atoms with Gasteiger partial charge in [-0.15, -0.1) is 10.2 Å². The minimum atomic E-state index is -0.481. The zero-order chi connectivity index (χ0) is 21.9. The number of halogens is 1. The number of carbonyl (C=O) groups excluding carboxylic acids is 1. The molecule has 0 atom stereocenters. The highest BCUT2D eigenvalue weighted by atomic mass is 35.5. The van der Waals surface area contributed by atoms with Crippen LogP contribution in [0.5, 0.6) is 0 Å². The molecule has 1 amide bonds. The Morgan fingerprint density at radius 1 is 1.30 bits per heavy atom. The lowest BCUT2D eigenvalue weighted by Gasteiger charge is -2.29. The van der Waals surface area contributed by atoms with Gasteiger partial charge in [0.05, 0.1) is 11.3 Å². The van der Waals surface area contributed by atoms with Crippen molar-refractivity contribution in [2.75, 3.05) is 18.5 Å². The van der Waals surface area contributed by atoms with Crippen LogP contribution in [-0.2, 0) is 4.74 Å². The standard InChI is InChI=1S/C21H30ClN5O2S/c1-6-27(5)16-11-17(22)23-12-15(16)19-26-25-18(30-19)13-7-9-14(10-8-13)24-20(28)29-21(2,3)4/h11-14H,6-10H2,1-5H3,(H,24,28). The third-order valence-corrected chi connectivity index (χ3v) is 6.53. The highest BCUT2D eigenvalue weighted by Crippen LogP contribution is 2.39. The summed E-state index contributed by atoms with van der Waals surface area (Å²) >= 11 is 7.73. The van der Waals surface area contributed by atoms with Gasteiger partial charge in [-0.25, -0.2) is 9.78 Å². The maximum Gasteiger partial charge on any atom is 0.407 e. The molecule has 1 fully saturated rings. The fourth-order valence-electron chi connectivity index (χ4n) is 3.54. The summed E-state index contributed by atoms with van der Waals surface area (Å²) in [6, 6.07) is 2.02. The fourth-order valence-corrected chi connectivity index (χ4v) is 4.72. The Hall–Kier alpha value is -1.93. The zero-order valence-corrected chi connectivity index (χ0v) is 19.8. The molecule has 7 nitrogen and oxygen atoms in total. The Kier molecular flexibility index (Phi) is 7.18. The Morgan fingerprint density at radius 3 is 2.63 bits per heavy atom. The molecule has 1 aliphatic rings. The maximum atomic E-state index is 12.0. The summed E-state index contributed by atoms with van der Waals surface area (Å²) in [5.74, 6) is 0.362. The lowest BCUT2D eigenvalue weighted by molar-refractivity contribution is 0.0491. The summed E-state index contributed by atoms with van der Waals surface area (Å²) in [4.78, 5) is 18.4. The summed E-state index contributed by atoms with van der Waals surface area (Å²) in [6.45, 7) is 8.56. The molecule has 9 heteroatoms. The number of hydrogen-bond acceptors (Lipinski definition) is 7. The third-order valence-electron chi connectivity index (χ3n) is 5.20. The first-order valence-corrected chi connectivity index (χ1v) is 11.6. The fraction of sp³-hybridized carbons (Fsp3) is 0.619. The van der Waals surface area contributed by atoms with E-state index >= 15 is 0 Å². The molecular weight excluding hydrogens is 422 g/mol. The minimum absolute atomic E-state index is 0.147. The van der Waals surface area contributed by atoms with Crippen molar-refractivity contribution in [1.29, 1.82) is 0 Å². The number of aromatic nitrogens is 3. The van der Waals surface area contributed by atoms with E-state index < -0.39 is 5.60 Å². The van der Waals surface area contributed by atoms with E-state index in [4.69, 9.17) is 16.3 Å². The molecule has 0 bridgehead atoms. The first-order chi connectivity index (χ1) is 14.2. The molecule has 0 aromatic carbocycles. The Morgan fingerprint density at radius 2 is 2.00 bits per heavy atom. The largest absolute Gasteiger partial charge is 0.444 e. The average molecular weight is 452 g/mol. The third kappa shape index (κ3) is 5.82. The Bertz CT molecular complexity index is 875. The van der Waals surface area contributed by atoms with Crippen molar-refractivity contribution in [2.45, 2.75) is 70.9 Å². The van der Waals surface area contributed by atoms with Crippen molar-refractivity contribution in [1.82, 2.24) is 20.5 Å². The van der Waals surface area contributed by atoms with E-state index in [1.54, 1.807) is 17.5 Å². The molecule has 30 heavy (non-hydrogen) atoms. The summed E-state index contributed by atoms with van der Waals surface area (Å²) < 4.78 is 5.36. The van der Waals surface area contributed by atoms with Gasteiger partial charge in [0.2, 0.25) is 0 Å². The molecule has 0 unspecified atom stereocenters. The lowest BCUT2D eigenvalue weighted by atomic mass is 9.86. The number of rotatable bonds is 5. The predicted octanol–water partition coefficient (Wildman–Crippen LogP) is 5.26. The second-order valence-corrected chi connectivity index (χ2v) is 10.1. The van der Waals surface area contributed by atoms with Crippen LogP contribution in [0.4, 0.5) is 10.5 Å². The molecule has 2 aromatic rings. The van der Waals surface area contributed by atoms with Gasteiger partial charge in [-0.3, -0.25) is 0 Å². The Labute approximate surface area is 187 Å². The van der Waals surface area contributed by atoms with Gasteiger partial charge in [-0.1, -0.05) is 22.9 Å². The minimum Gasteiger partial charge on any atom is -0.444 e. The van der Waals surface area contributed by atoms with Crippen molar-refractivity contribution in [3.05, 3.63) is 22.4 Å². The number of ether oxygens (including phenoxy) is 1. The van der Waals surface area contributed by atoms with Crippen molar-refractivity contribution in [3.8, 4) is 10.6 Å². The van der Waals surface area contributed by atoms with Crippen LogP contribution in [0.15, 0.2) is 12.3 Å². The van der Waals surface area contributed by atoms with E-state index in [0.717, 1.165) is 53.5 Å². The molecule has 0 spiro atoms. The van der Waals surface area contributed by atoms with Gasteiger partial charge in [0.15, 0.2) is 5.01 Å². The molecule has 1 aliphatic carbocycles. The number of hydrogen-bond donors (Lipinski definition) is 1. The van der Waals surface area contributed by atoms with Gasteiger partial charge in [0.1, 0.15) is 15.8 Å². The van der Waals surface area contributed by atoms with Crippen molar-refractivity contribution < 1.29 is 9.53 Å². The van der Waals surface area contributed by atoms with Crippen LogP contribution in [-0.4, -0.2) is 46.5 Å². The SMILES string of the molecule is CCN(C)c1cc(Cl)ncc1-c1nnc(C2CCC(NC(=O)OC(C)(C)C)CC2)s1. The molecule has 3 rings (SSSR count). The second kappa shape index (κ2) is 9.47. The molecule has 164 valence electrons. The van der Waals surface area contributed by atoms with Gasteiger partial charge in [0.25, 0.3) is 0 Å². The van der Waals surface area contributed by atoms with E-state index in [2.05, 4.69) is 32.3 Å². The summed E-state index contributed by atoms with van der Waals surface area (Å²) in [7, 11) is 2.02. The van der Waals surface area contributed by atoms with E-state index in [1.165, 1.54) is 0 Å². The second-order valence-electron chi connectivity index (χ2n) is 8.68. The number of anilines is 1. The van der Waals surface area contributed by atoms with Gasteiger partial charge in [-0.2, -0.15) is 0 Å². The summed E-state index contributed by atoms with van der Waals surface area (Å²) in [5.41, 5.74) is 1.48. The van der Waals surface area contributed by atoms with E-state index in [-0.39, 0.29) is 12.1 Å². The van der Waals surface area contributed by atoms with E-state index in [0.29, 0.717) is 11.1 Å². The monoisotopic (exact) mass is 451 g/mol. The summed E-state index contributed by atoms with van der Waals surface area (Å²) in [5, 5.41) is 14.3. The number of nitrogens with one attached hydrogen (secondary N) is 1. The molecular formula is C21H30ClN5O2S. The molecule has 2 aromatic heterocycles. The van der Waals surface area contributed by atoms with Gasteiger partial charge in [0, 0.05) is 31.7 Å². The highest BCUT2D eigenvalue weighted by Gasteiger charge is 2.28. The highest BCUT2D eigenvalue weighted by molar-refractivity contribution is 7.14. The zero-order valence-electron chi connectivity index (χ0n) is 18.2. The number of nitrogens with zero attached hydrogens (tertiary/aromatic N) is 4. The summed E-state index contributed by atoms with van der Waals surface area (Å²) in [6.07, 6.45) is 5.18. The average Bonchev–Trinajstić information content (AvgIpc) is 3.16. The number of carbonyl (C=O) groups is 1. The normalized spacial score (nSPS) is 19.4. The van der Waals surface area contributed by atoms with E-state index in [9.17, 15) is 4.79 Å². The molecule has 0 aliphatic heterocycles. The lowest BCUT2D eigenvalue weighted by Crippen LogP contribution is -2.40. The molecule has 2 heterocycles. The molecule has 1 saturated carbocycles. The maximum absolute atomic E-state index is 12.0. The Balaban J connectivity index is 1.64. The van der Waals surface area contributed by atoms with Crippen LogP contribution in [0.3, 0.4) is 0 Å². The van der Waals surface area contributed by atoms with Crippen LogP contribution in [0.1, 0.15) is 64.3 Å². The molecule has 0 saturated heterocycles. The molecule has 1 N–H and O–H groups in total. The van der Waals surface area contributed by atoms with Crippen LogP contribution < -0.4 is 10.2 Å². The van der Waals surface area contributed by atoms with Gasteiger partial charge < -0.3 is 15.0 Å².